The summed E-state index contributed by atoms with van der Waals surface area (Å²) in [6.45, 7) is 6.68. The normalized spacial score (nSPS) is 28.2. The first-order valence-electron chi connectivity index (χ1n) is 3.75. The molecule has 0 radical (unpaired) electrons. The molecule has 1 rings (SSSR count). The van der Waals surface area contributed by atoms with Gasteiger partial charge < -0.3 is 0 Å². The molecule has 0 aliphatic carbocycles. The summed E-state index contributed by atoms with van der Waals surface area (Å²) in [7, 11) is 2.17. The third-order valence-electron chi connectivity index (χ3n) is 2.16. The number of rotatable bonds is 1. The van der Waals surface area contributed by atoms with E-state index < -0.39 is 0 Å². The quantitative estimate of drug-likeness (QED) is 0.538. The SMILES string of the molecule is CCC1C(C)=C(C)SN1C. The van der Waals surface area contributed by atoms with E-state index in [9.17, 15) is 0 Å². The van der Waals surface area contributed by atoms with Gasteiger partial charge >= 0.3 is 0 Å². The van der Waals surface area contributed by atoms with E-state index in [1.54, 1.807) is 5.57 Å². The van der Waals surface area contributed by atoms with Crippen molar-refractivity contribution in [3.05, 3.63) is 10.5 Å². The Labute approximate surface area is 67.6 Å². The second kappa shape index (κ2) is 2.97. The number of allylic oxidation sites excluding steroid dienone is 1. The van der Waals surface area contributed by atoms with Crippen LogP contribution in [-0.4, -0.2) is 17.4 Å². The number of hydrogen-bond donors (Lipinski definition) is 0. The Morgan fingerprint density at radius 3 is 2.30 bits per heavy atom. The van der Waals surface area contributed by atoms with Crippen molar-refractivity contribution in [2.75, 3.05) is 7.05 Å². The molecule has 1 aliphatic rings. The number of likely N-dealkylation sites (N-methyl/N-ethyl adjacent to an activating group) is 1. The highest BCUT2D eigenvalue weighted by Crippen LogP contribution is 2.36. The summed E-state index contributed by atoms with van der Waals surface area (Å²) in [5.74, 6) is 0. The highest BCUT2D eigenvalue weighted by molar-refractivity contribution is 8.01. The van der Waals surface area contributed by atoms with Crippen molar-refractivity contribution >= 4 is 11.9 Å². The van der Waals surface area contributed by atoms with Crippen LogP contribution >= 0.6 is 11.9 Å². The highest BCUT2D eigenvalue weighted by atomic mass is 32.2. The molecule has 1 aliphatic heterocycles. The van der Waals surface area contributed by atoms with Gasteiger partial charge in [-0.15, -0.1) is 0 Å². The molecule has 1 atom stereocenters. The van der Waals surface area contributed by atoms with Gasteiger partial charge in [0.05, 0.1) is 0 Å². The summed E-state index contributed by atoms with van der Waals surface area (Å²) in [4.78, 5) is 1.48. The van der Waals surface area contributed by atoms with Gasteiger partial charge in [-0.05, 0) is 49.7 Å². The number of nitrogens with zero attached hydrogens (tertiary/aromatic N) is 1. The van der Waals surface area contributed by atoms with Crippen LogP contribution in [0.2, 0.25) is 0 Å². The molecule has 1 heterocycles. The molecule has 1 nitrogen and oxygen atoms in total. The summed E-state index contributed by atoms with van der Waals surface area (Å²) >= 11 is 1.87. The van der Waals surface area contributed by atoms with E-state index in [4.69, 9.17) is 0 Å². The third kappa shape index (κ3) is 1.23. The zero-order valence-corrected chi connectivity index (χ0v) is 7.96. The summed E-state index contributed by atoms with van der Waals surface area (Å²) < 4.78 is 2.34. The minimum absolute atomic E-state index is 0.685. The minimum Gasteiger partial charge on any atom is -0.243 e. The fourth-order valence-electron chi connectivity index (χ4n) is 1.42. The van der Waals surface area contributed by atoms with E-state index in [0.29, 0.717) is 6.04 Å². The van der Waals surface area contributed by atoms with Crippen molar-refractivity contribution in [3.63, 3.8) is 0 Å². The molecule has 0 amide bonds. The van der Waals surface area contributed by atoms with Gasteiger partial charge in [-0.25, -0.2) is 4.31 Å². The van der Waals surface area contributed by atoms with Gasteiger partial charge in [-0.3, -0.25) is 0 Å². The molecule has 10 heavy (non-hydrogen) atoms. The van der Waals surface area contributed by atoms with Crippen LogP contribution in [0.3, 0.4) is 0 Å². The molecular weight excluding hydrogens is 142 g/mol. The molecule has 0 aromatic heterocycles. The van der Waals surface area contributed by atoms with Crippen LogP contribution in [0.25, 0.3) is 0 Å². The zero-order chi connectivity index (χ0) is 7.72. The van der Waals surface area contributed by atoms with Crippen LogP contribution in [0.1, 0.15) is 27.2 Å². The topological polar surface area (TPSA) is 3.24 Å². The molecule has 58 valence electrons. The van der Waals surface area contributed by atoms with Crippen molar-refractivity contribution in [3.8, 4) is 0 Å². The molecule has 2 heteroatoms. The average molecular weight is 157 g/mol. The summed E-state index contributed by atoms with van der Waals surface area (Å²) in [6, 6.07) is 0.685. The van der Waals surface area contributed by atoms with Gasteiger partial charge in [-0.1, -0.05) is 6.92 Å². The van der Waals surface area contributed by atoms with Crippen LogP contribution in [0, 0.1) is 0 Å². The van der Waals surface area contributed by atoms with E-state index >= 15 is 0 Å². The van der Waals surface area contributed by atoms with Gasteiger partial charge in [0.25, 0.3) is 0 Å². The lowest BCUT2D eigenvalue weighted by Crippen LogP contribution is -2.20. The first kappa shape index (κ1) is 8.15. The van der Waals surface area contributed by atoms with Crippen LogP contribution in [0.15, 0.2) is 10.5 Å². The standard InChI is InChI=1S/C8H15NS/c1-5-8-6(2)7(3)10-9(8)4/h8H,5H2,1-4H3. The second-order valence-electron chi connectivity index (χ2n) is 2.80. The Morgan fingerprint density at radius 1 is 1.50 bits per heavy atom. The maximum absolute atomic E-state index is 2.34. The summed E-state index contributed by atoms with van der Waals surface area (Å²) in [5, 5.41) is 0. The van der Waals surface area contributed by atoms with Gasteiger partial charge in [0.15, 0.2) is 0 Å². The average Bonchev–Trinajstić information content (AvgIpc) is 2.09. The monoisotopic (exact) mass is 157 g/mol. The van der Waals surface area contributed by atoms with Crippen LogP contribution in [-0.2, 0) is 0 Å². The Kier molecular flexibility index (Phi) is 2.42. The Hall–Kier alpha value is 0.0500. The first-order chi connectivity index (χ1) is 4.66. The molecule has 0 aromatic rings. The molecule has 0 bridgehead atoms. The van der Waals surface area contributed by atoms with E-state index in [2.05, 4.69) is 32.1 Å². The van der Waals surface area contributed by atoms with Crippen LogP contribution in [0.5, 0.6) is 0 Å². The lowest BCUT2D eigenvalue weighted by atomic mass is 10.1. The zero-order valence-electron chi connectivity index (χ0n) is 7.14. The molecule has 0 fully saturated rings. The van der Waals surface area contributed by atoms with Crippen molar-refractivity contribution in [1.82, 2.24) is 4.31 Å². The Morgan fingerprint density at radius 2 is 2.10 bits per heavy atom. The maximum atomic E-state index is 2.34. The Balaban J connectivity index is 2.72. The molecule has 0 saturated heterocycles. The fourth-order valence-corrected chi connectivity index (χ4v) is 2.57. The third-order valence-corrected chi connectivity index (χ3v) is 3.30. The summed E-state index contributed by atoms with van der Waals surface area (Å²) in [6.07, 6.45) is 1.23. The molecule has 0 aromatic carbocycles. The van der Waals surface area contributed by atoms with Crippen LogP contribution in [0.4, 0.5) is 0 Å². The highest BCUT2D eigenvalue weighted by Gasteiger charge is 2.23. The second-order valence-corrected chi connectivity index (χ2v) is 4.17. The minimum atomic E-state index is 0.685. The lowest BCUT2D eigenvalue weighted by Gasteiger charge is -2.17. The number of hydrogen-bond acceptors (Lipinski definition) is 2. The lowest BCUT2D eigenvalue weighted by molar-refractivity contribution is 0.457. The predicted molar refractivity (Wildman–Crippen MR) is 47.8 cm³/mol. The largest absolute Gasteiger partial charge is 0.243 e. The van der Waals surface area contributed by atoms with Crippen LogP contribution < -0.4 is 0 Å². The molecule has 0 spiro atoms. The van der Waals surface area contributed by atoms with Gasteiger partial charge in [0.2, 0.25) is 0 Å². The van der Waals surface area contributed by atoms with Crippen molar-refractivity contribution in [2.45, 2.75) is 33.2 Å². The molecule has 0 saturated carbocycles. The van der Waals surface area contributed by atoms with E-state index in [0.717, 1.165) is 0 Å². The Bertz CT molecular complexity index is 163. The van der Waals surface area contributed by atoms with Crippen molar-refractivity contribution < 1.29 is 0 Å². The first-order valence-corrected chi connectivity index (χ1v) is 4.52. The van der Waals surface area contributed by atoms with E-state index in [1.807, 2.05) is 11.9 Å². The summed E-state index contributed by atoms with van der Waals surface area (Å²) in [5.41, 5.74) is 1.55. The fraction of sp³-hybridized carbons (Fsp3) is 0.750. The van der Waals surface area contributed by atoms with Gasteiger partial charge in [0.1, 0.15) is 0 Å². The van der Waals surface area contributed by atoms with Crippen molar-refractivity contribution in [2.24, 2.45) is 0 Å². The smallest absolute Gasteiger partial charge is 0.0417 e. The maximum Gasteiger partial charge on any atom is 0.0417 e. The van der Waals surface area contributed by atoms with E-state index in [1.165, 1.54) is 11.3 Å². The van der Waals surface area contributed by atoms with Gasteiger partial charge in [-0.2, -0.15) is 0 Å². The molecule has 1 unspecified atom stereocenters. The molecule has 0 N–H and O–H groups in total. The van der Waals surface area contributed by atoms with E-state index in [-0.39, 0.29) is 0 Å². The predicted octanol–water partition coefficient (Wildman–Crippen LogP) is 2.65. The van der Waals surface area contributed by atoms with Crippen molar-refractivity contribution in [1.29, 1.82) is 0 Å². The molecular formula is C8H15NS. The van der Waals surface area contributed by atoms with Gasteiger partial charge in [0, 0.05) is 6.04 Å².